The van der Waals surface area contributed by atoms with Crippen LogP contribution in [0.4, 0.5) is 0 Å². The lowest BCUT2D eigenvalue weighted by Crippen LogP contribution is -2.47. The molecule has 3 unspecified atom stereocenters. The number of hydrogen-bond acceptors (Lipinski definition) is 2. The third-order valence-electron chi connectivity index (χ3n) is 3.72. The lowest BCUT2D eigenvalue weighted by Gasteiger charge is -2.21. The molecule has 1 aliphatic rings. The van der Waals surface area contributed by atoms with Crippen molar-refractivity contribution in [1.29, 1.82) is 0 Å². The molecule has 3 heteroatoms. The van der Waals surface area contributed by atoms with Gasteiger partial charge in [0, 0.05) is 6.04 Å². The second-order valence-electron chi connectivity index (χ2n) is 5.51. The summed E-state index contributed by atoms with van der Waals surface area (Å²) < 4.78 is 0. The molecular formula is C14H28N2O. The standard InChI is InChI=1S/C14H28N2O/c1-4-11(2)10-12(3)16-14(17)13-8-6-5-7-9-15-13/h11-13,15H,4-10H2,1-3H3,(H,16,17). The van der Waals surface area contributed by atoms with Gasteiger partial charge in [0.15, 0.2) is 0 Å². The highest BCUT2D eigenvalue weighted by atomic mass is 16.2. The van der Waals surface area contributed by atoms with Gasteiger partial charge in [0.2, 0.25) is 5.91 Å². The zero-order valence-electron chi connectivity index (χ0n) is 11.6. The summed E-state index contributed by atoms with van der Waals surface area (Å²) in [5, 5.41) is 6.48. The van der Waals surface area contributed by atoms with Gasteiger partial charge in [-0.25, -0.2) is 0 Å². The number of carbonyl (C=O) groups is 1. The van der Waals surface area contributed by atoms with E-state index in [-0.39, 0.29) is 11.9 Å². The molecule has 0 aliphatic carbocycles. The first kappa shape index (κ1) is 14.5. The summed E-state index contributed by atoms with van der Waals surface area (Å²) in [6.45, 7) is 7.54. The molecule has 0 aromatic heterocycles. The first-order chi connectivity index (χ1) is 8.13. The zero-order chi connectivity index (χ0) is 12.7. The minimum atomic E-state index is 0.0388. The van der Waals surface area contributed by atoms with Crippen LogP contribution in [0.15, 0.2) is 0 Å². The molecule has 0 radical (unpaired) electrons. The van der Waals surface area contributed by atoms with Gasteiger partial charge in [0.05, 0.1) is 6.04 Å². The summed E-state index contributed by atoms with van der Waals surface area (Å²) >= 11 is 0. The normalized spacial score (nSPS) is 24.8. The summed E-state index contributed by atoms with van der Waals surface area (Å²) in [7, 11) is 0. The Hall–Kier alpha value is -0.570. The van der Waals surface area contributed by atoms with Crippen molar-refractivity contribution in [1.82, 2.24) is 10.6 Å². The van der Waals surface area contributed by atoms with Crippen molar-refractivity contribution >= 4 is 5.91 Å². The molecule has 1 heterocycles. The van der Waals surface area contributed by atoms with E-state index in [4.69, 9.17) is 0 Å². The van der Waals surface area contributed by atoms with E-state index in [1.807, 2.05) is 0 Å². The number of hydrogen-bond donors (Lipinski definition) is 2. The number of rotatable bonds is 5. The predicted octanol–water partition coefficient (Wildman–Crippen LogP) is 2.46. The fourth-order valence-electron chi connectivity index (χ4n) is 2.42. The molecule has 1 amide bonds. The molecule has 0 bridgehead atoms. The van der Waals surface area contributed by atoms with Crippen LogP contribution in [-0.2, 0) is 4.79 Å². The van der Waals surface area contributed by atoms with E-state index in [1.165, 1.54) is 25.7 Å². The van der Waals surface area contributed by atoms with Crippen molar-refractivity contribution in [3.05, 3.63) is 0 Å². The molecule has 1 aliphatic heterocycles. The molecule has 3 atom stereocenters. The highest BCUT2D eigenvalue weighted by Crippen LogP contribution is 2.11. The Morgan fingerprint density at radius 3 is 2.82 bits per heavy atom. The second-order valence-corrected chi connectivity index (χ2v) is 5.51. The van der Waals surface area contributed by atoms with Crippen LogP contribution in [0.3, 0.4) is 0 Å². The van der Waals surface area contributed by atoms with Gasteiger partial charge in [0.1, 0.15) is 0 Å². The van der Waals surface area contributed by atoms with Crippen LogP contribution < -0.4 is 10.6 Å². The molecule has 100 valence electrons. The molecule has 1 saturated heterocycles. The third-order valence-corrected chi connectivity index (χ3v) is 3.72. The Labute approximate surface area is 106 Å². The summed E-state index contributed by atoms with van der Waals surface area (Å²) in [5.74, 6) is 0.884. The van der Waals surface area contributed by atoms with Crippen molar-refractivity contribution in [2.24, 2.45) is 5.92 Å². The Balaban J connectivity index is 2.31. The smallest absolute Gasteiger partial charge is 0.237 e. The SMILES string of the molecule is CCC(C)CC(C)NC(=O)C1CCCCCN1. The highest BCUT2D eigenvalue weighted by Gasteiger charge is 2.21. The van der Waals surface area contributed by atoms with Crippen LogP contribution >= 0.6 is 0 Å². The van der Waals surface area contributed by atoms with E-state index in [2.05, 4.69) is 31.4 Å². The van der Waals surface area contributed by atoms with Gasteiger partial charge in [0.25, 0.3) is 0 Å². The zero-order valence-corrected chi connectivity index (χ0v) is 11.6. The van der Waals surface area contributed by atoms with Crippen LogP contribution in [0.5, 0.6) is 0 Å². The van der Waals surface area contributed by atoms with Gasteiger partial charge in [-0.2, -0.15) is 0 Å². The van der Waals surface area contributed by atoms with Crippen molar-refractivity contribution in [2.75, 3.05) is 6.54 Å². The topological polar surface area (TPSA) is 41.1 Å². The van der Waals surface area contributed by atoms with Crippen molar-refractivity contribution in [3.63, 3.8) is 0 Å². The molecule has 0 spiro atoms. The van der Waals surface area contributed by atoms with Crippen LogP contribution in [0.2, 0.25) is 0 Å². The maximum absolute atomic E-state index is 12.1. The van der Waals surface area contributed by atoms with E-state index in [0.717, 1.165) is 19.4 Å². The minimum absolute atomic E-state index is 0.0388. The molecule has 0 aromatic carbocycles. The molecule has 17 heavy (non-hydrogen) atoms. The Bertz CT molecular complexity index is 222. The molecule has 1 fully saturated rings. The average molecular weight is 240 g/mol. The fourth-order valence-corrected chi connectivity index (χ4v) is 2.42. The van der Waals surface area contributed by atoms with Crippen LogP contribution in [0, 0.1) is 5.92 Å². The molecular weight excluding hydrogens is 212 g/mol. The van der Waals surface area contributed by atoms with Crippen LogP contribution in [0.25, 0.3) is 0 Å². The van der Waals surface area contributed by atoms with E-state index in [9.17, 15) is 4.79 Å². The van der Waals surface area contributed by atoms with Gasteiger partial charge in [-0.1, -0.05) is 33.1 Å². The van der Waals surface area contributed by atoms with Gasteiger partial charge < -0.3 is 10.6 Å². The predicted molar refractivity (Wildman–Crippen MR) is 71.9 cm³/mol. The molecule has 3 nitrogen and oxygen atoms in total. The first-order valence-electron chi connectivity index (χ1n) is 7.17. The molecule has 0 saturated carbocycles. The molecule has 1 rings (SSSR count). The first-order valence-corrected chi connectivity index (χ1v) is 7.17. The lowest BCUT2D eigenvalue weighted by atomic mass is 10.00. The Morgan fingerprint density at radius 1 is 1.35 bits per heavy atom. The van der Waals surface area contributed by atoms with Crippen molar-refractivity contribution < 1.29 is 4.79 Å². The van der Waals surface area contributed by atoms with Gasteiger partial charge in [-0.05, 0) is 38.6 Å². The third kappa shape index (κ3) is 5.53. The van der Waals surface area contributed by atoms with E-state index >= 15 is 0 Å². The van der Waals surface area contributed by atoms with E-state index in [0.29, 0.717) is 12.0 Å². The number of carbonyl (C=O) groups excluding carboxylic acids is 1. The van der Waals surface area contributed by atoms with Crippen molar-refractivity contribution in [3.8, 4) is 0 Å². The maximum atomic E-state index is 12.1. The van der Waals surface area contributed by atoms with Crippen LogP contribution in [-0.4, -0.2) is 24.5 Å². The summed E-state index contributed by atoms with van der Waals surface area (Å²) in [6, 6.07) is 0.333. The van der Waals surface area contributed by atoms with E-state index in [1.54, 1.807) is 0 Å². The number of amides is 1. The second kappa shape index (κ2) is 7.70. The quantitative estimate of drug-likeness (QED) is 0.775. The molecule has 0 aromatic rings. The van der Waals surface area contributed by atoms with E-state index < -0.39 is 0 Å². The average Bonchev–Trinajstić information content (AvgIpc) is 2.57. The van der Waals surface area contributed by atoms with Gasteiger partial charge in [-0.3, -0.25) is 4.79 Å². The monoisotopic (exact) mass is 240 g/mol. The Morgan fingerprint density at radius 2 is 2.12 bits per heavy atom. The Kier molecular flexibility index (Phi) is 6.56. The van der Waals surface area contributed by atoms with Gasteiger partial charge in [-0.15, -0.1) is 0 Å². The van der Waals surface area contributed by atoms with Crippen LogP contribution in [0.1, 0.15) is 59.3 Å². The summed E-state index contributed by atoms with van der Waals surface area (Å²) in [6.07, 6.45) is 6.87. The largest absolute Gasteiger partial charge is 0.352 e. The summed E-state index contributed by atoms with van der Waals surface area (Å²) in [5.41, 5.74) is 0. The minimum Gasteiger partial charge on any atom is -0.352 e. The maximum Gasteiger partial charge on any atom is 0.237 e. The van der Waals surface area contributed by atoms with Crippen molar-refractivity contribution in [2.45, 2.75) is 71.4 Å². The number of nitrogens with one attached hydrogen (secondary N) is 2. The molecule has 2 N–H and O–H groups in total. The van der Waals surface area contributed by atoms with Gasteiger partial charge >= 0.3 is 0 Å². The fraction of sp³-hybridized carbons (Fsp3) is 0.929. The summed E-state index contributed by atoms with van der Waals surface area (Å²) in [4.78, 5) is 12.1. The lowest BCUT2D eigenvalue weighted by molar-refractivity contribution is -0.123. The highest BCUT2D eigenvalue weighted by molar-refractivity contribution is 5.81.